The van der Waals surface area contributed by atoms with E-state index in [9.17, 15) is 4.79 Å². The van der Waals surface area contributed by atoms with Crippen molar-refractivity contribution in [3.8, 4) is 5.75 Å². The summed E-state index contributed by atoms with van der Waals surface area (Å²) in [5, 5.41) is 0.0824. The van der Waals surface area contributed by atoms with Gasteiger partial charge in [0.25, 0.3) is 5.56 Å². The third kappa shape index (κ3) is 2.24. The average molecular weight is 265 g/mol. The zero-order valence-corrected chi connectivity index (χ0v) is 10.9. The van der Waals surface area contributed by atoms with Gasteiger partial charge >= 0.3 is 0 Å². The number of methoxy groups -OCH3 is 1. The van der Waals surface area contributed by atoms with Crippen LogP contribution in [-0.2, 0) is 0 Å². The Balaban J connectivity index is 2.50. The molecular formula is C13H13ClN2O2. The van der Waals surface area contributed by atoms with Gasteiger partial charge in [-0.15, -0.1) is 0 Å². The molecule has 0 aliphatic carbocycles. The van der Waals surface area contributed by atoms with Crippen LogP contribution in [0.2, 0.25) is 5.15 Å². The first-order valence-electron chi connectivity index (χ1n) is 5.50. The van der Waals surface area contributed by atoms with E-state index in [4.69, 9.17) is 16.3 Å². The number of hydrogen-bond donors (Lipinski definition) is 0. The van der Waals surface area contributed by atoms with Crippen LogP contribution in [0.5, 0.6) is 5.75 Å². The van der Waals surface area contributed by atoms with Crippen molar-refractivity contribution in [1.29, 1.82) is 0 Å². The number of ether oxygens (including phenoxy) is 1. The van der Waals surface area contributed by atoms with Gasteiger partial charge in [0, 0.05) is 0 Å². The molecule has 0 bridgehead atoms. The van der Waals surface area contributed by atoms with Crippen molar-refractivity contribution in [3.63, 3.8) is 0 Å². The van der Waals surface area contributed by atoms with Crippen molar-refractivity contribution in [3.05, 3.63) is 57.7 Å². The second-order valence-corrected chi connectivity index (χ2v) is 4.23. The molecule has 0 saturated carbocycles. The van der Waals surface area contributed by atoms with E-state index >= 15 is 0 Å². The average Bonchev–Trinajstić information content (AvgIpc) is 2.40. The Morgan fingerprint density at radius 1 is 1.33 bits per heavy atom. The van der Waals surface area contributed by atoms with Crippen LogP contribution in [0, 0.1) is 0 Å². The molecule has 1 unspecified atom stereocenters. The summed E-state index contributed by atoms with van der Waals surface area (Å²) in [4.78, 5) is 16.1. The molecule has 2 aromatic rings. The molecule has 0 aliphatic heterocycles. The van der Waals surface area contributed by atoms with E-state index in [0.717, 1.165) is 5.56 Å². The van der Waals surface area contributed by atoms with Crippen molar-refractivity contribution in [2.45, 2.75) is 13.0 Å². The Hall–Kier alpha value is -1.81. The number of halogens is 1. The van der Waals surface area contributed by atoms with Crippen molar-refractivity contribution in [2.24, 2.45) is 0 Å². The van der Waals surface area contributed by atoms with Crippen LogP contribution in [0.1, 0.15) is 18.5 Å². The van der Waals surface area contributed by atoms with Gasteiger partial charge in [-0.3, -0.25) is 9.36 Å². The molecule has 1 aromatic carbocycles. The third-order valence-corrected chi connectivity index (χ3v) is 3.08. The summed E-state index contributed by atoms with van der Waals surface area (Å²) in [5.41, 5.74) is 0.736. The predicted octanol–water partition coefficient (Wildman–Crippen LogP) is 2.51. The van der Waals surface area contributed by atoms with Gasteiger partial charge in [-0.2, -0.15) is 0 Å². The first-order chi connectivity index (χ1) is 8.65. The van der Waals surface area contributed by atoms with Gasteiger partial charge < -0.3 is 4.74 Å². The minimum Gasteiger partial charge on any atom is -0.489 e. The normalized spacial score (nSPS) is 12.2. The van der Waals surface area contributed by atoms with Crippen molar-refractivity contribution in [2.75, 3.05) is 7.11 Å². The summed E-state index contributed by atoms with van der Waals surface area (Å²) in [6, 6.07) is 9.57. The summed E-state index contributed by atoms with van der Waals surface area (Å²) in [5.74, 6) is 0.0712. The maximum Gasteiger partial charge on any atom is 0.297 e. The maximum atomic E-state index is 12.1. The molecule has 1 aromatic heterocycles. The lowest BCUT2D eigenvalue weighted by molar-refractivity contribution is 0.397. The number of benzene rings is 1. The SMILES string of the molecule is COc1c(Cl)ncn(C(C)c2ccccc2)c1=O. The summed E-state index contributed by atoms with van der Waals surface area (Å²) in [6.07, 6.45) is 1.44. The fourth-order valence-corrected chi connectivity index (χ4v) is 1.97. The van der Waals surface area contributed by atoms with Gasteiger partial charge in [0.2, 0.25) is 5.75 Å². The summed E-state index contributed by atoms with van der Waals surface area (Å²) < 4.78 is 6.47. The Bertz CT molecular complexity index is 596. The third-order valence-electron chi connectivity index (χ3n) is 2.81. The standard InChI is InChI=1S/C13H13ClN2O2/c1-9(10-6-4-3-5-7-10)16-8-15-12(14)11(18-2)13(16)17/h3-9H,1-2H3. The molecule has 0 N–H and O–H groups in total. The quantitative estimate of drug-likeness (QED) is 0.800. The second-order valence-electron chi connectivity index (χ2n) is 3.87. The van der Waals surface area contributed by atoms with Crippen molar-refractivity contribution >= 4 is 11.6 Å². The maximum absolute atomic E-state index is 12.1. The molecule has 1 heterocycles. The van der Waals surface area contributed by atoms with Crippen LogP contribution in [0.4, 0.5) is 0 Å². The fourth-order valence-electron chi connectivity index (χ4n) is 1.77. The minimum absolute atomic E-state index is 0.0712. The van der Waals surface area contributed by atoms with Gasteiger partial charge in [-0.25, -0.2) is 4.98 Å². The minimum atomic E-state index is -0.283. The number of aromatic nitrogens is 2. The lowest BCUT2D eigenvalue weighted by Gasteiger charge is -2.16. The molecule has 4 nitrogen and oxygen atoms in total. The van der Waals surface area contributed by atoms with Crippen LogP contribution in [0.3, 0.4) is 0 Å². The first kappa shape index (κ1) is 12.6. The number of hydrogen-bond acceptors (Lipinski definition) is 3. The molecule has 0 saturated heterocycles. The van der Waals surface area contributed by atoms with Crippen LogP contribution in [0.15, 0.2) is 41.5 Å². The van der Waals surface area contributed by atoms with E-state index in [-0.39, 0.29) is 22.5 Å². The van der Waals surface area contributed by atoms with Gasteiger partial charge in [0.15, 0.2) is 5.15 Å². The summed E-state index contributed by atoms with van der Waals surface area (Å²) >= 11 is 5.80. The topological polar surface area (TPSA) is 44.1 Å². The fraction of sp³-hybridized carbons (Fsp3) is 0.231. The summed E-state index contributed by atoms with van der Waals surface area (Å²) in [7, 11) is 1.40. The molecule has 0 amide bonds. The van der Waals surface area contributed by atoms with E-state index < -0.39 is 0 Å². The second kappa shape index (κ2) is 5.23. The molecule has 0 fully saturated rings. The molecule has 2 rings (SSSR count). The predicted molar refractivity (Wildman–Crippen MR) is 70.3 cm³/mol. The molecular weight excluding hydrogens is 252 g/mol. The van der Waals surface area contributed by atoms with E-state index in [2.05, 4.69) is 4.98 Å². The molecule has 0 aliphatic rings. The van der Waals surface area contributed by atoms with Crippen LogP contribution >= 0.6 is 11.6 Å². The molecule has 5 heteroatoms. The molecule has 0 spiro atoms. The lowest BCUT2D eigenvalue weighted by atomic mass is 10.1. The Kier molecular flexibility index (Phi) is 3.67. The highest BCUT2D eigenvalue weighted by Gasteiger charge is 2.15. The first-order valence-corrected chi connectivity index (χ1v) is 5.88. The molecule has 1 atom stereocenters. The summed E-state index contributed by atoms with van der Waals surface area (Å²) in [6.45, 7) is 1.92. The molecule has 94 valence electrons. The highest BCUT2D eigenvalue weighted by atomic mass is 35.5. The van der Waals surface area contributed by atoms with Gasteiger partial charge in [0.1, 0.15) is 6.33 Å². The smallest absolute Gasteiger partial charge is 0.297 e. The zero-order chi connectivity index (χ0) is 13.1. The highest BCUT2D eigenvalue weighted by molar-refractivity contribution is 6.30. The Morgan fingerprint density at radius 3 is 2.61 bits per heavy atom. The Labute approximate surface area is 110 Å². The van der Waals surface area contributed by atoms with Gasteiger partial charge in [-0.1, -0.05) is 41.9 Å². The van der Waals surface area contributed by atoms with E-state index in [1.54, 1.807) is 0 Å². The van der Waals surface area contributed by atoms with Crippen LogP contribution < -0.4 is 10.3 Å². The van der Waals surface area contributed by atoms with Crippen molar-refractivity contribution in [1.82, 2.24) is 9.55 Å². The van der Waals surface area contributed by atoms with E-state index in [1.807, 2.05) is 37.3 Å². The van der Waals surface area contributed by atoms with Gasteiger partial charge in [0.05, 0.1) is 13.2 Å². The highest BCUT2D eigenvalue weighted by Crippen LogP contribution is 2.19. The van der Waals surface area contributed by atoms with E-state index in [1.165, 1.54) is 18.0 Å². The molecule has 0 radical (unpaired) electrons. The zero-order valence-electron chi connectivity index (χ0n) is 10.1. The monoisotopic (exact) mass is 264 g/mol. The van der Waals surface area contributed by atoms with E-state index in [0.29, 0.717) is 0 Å². The van der Waals surface area contributed by atoms with Crippen molar-refractivity contribution < 1.29 is 4.74 Å². The van der Waals surface area contributed by atoms with Crippen LogP contribution in [0.25, 0.3) is 0 Å². The van der Waals surface area contributed by atoms with Crippen LogP contribution in [-0.4, -0.2) is 16.7 Å². The number of nitrogens with zero attached hydrogens (tertiary/aromatic N) is 2. The number of rotatable bonds is 3. The largest absolute Gasteiger partial charge is 0.489 e. The Morgan fingerprint density at radius 2 is 2.00 bits per heavy atom. The molecule has 18 heavy (non-hydrogen) atoms. The van der Waals surface area contributed by atoms with Gasteiger partial charge in [-0.05, 0) is 12.5 Å². The lowest BCUT2D eigenvalue weighted by Crippen LogP contribution is -2.25.